The van der Waals surface area contributed by atoms with Crippen LogP contribution in [0.2, 0.25) is 0 Å². The third kappa shape index (κ3) is 4.64. The molecule has 7 heteroatoms. The Morgan fingerprint density at radius 1 is 1.19 bits per heavy atom. The summed E-state index contributed by atoms with van der Waals surface area (Å²) in [6.07, 6.45) is 0. The van der Waals surface area contributed by atoms with Crippen molar-refractivity contribution in [3.63, 3.8) is 0 Å². The summed E-state index contributed by atoms with van der Waals surface area (Å²) in [4.78, 5) is 24.3. The van der Waals surface area contributed by atoms with Crippen LogP contribution in [0.15, 0.2) is 40.6 Å². The zero-order chi connectivity index (χ0) is 15.2. The van der Waals surface area contributed by atoms with Crippen LogP contribution in [0.5, 0.6) is 0 Å². The average Bonchev–Trinajstić information content (AvgIpc) is 3.00. The van der Waals surface area contributed by atoms with Crippen LogP contribution < -0.4 is 5.32 Å². The van der Waals surface area contributed by atoms with Crippen molar-refractivity contribution in [2.75, 3.05) is 12.3 Å². The zero-order valence-corrected chi connectivity index (χ0v) is 12.4. The summed E-state index contributed by atoms with van der Waals surface area (Å²) in [5.74, 6) is -2.34. The first kappa shape index (κ1) is 15.7. The molecule has 0 fully saturated rings. The number of benzene rings is 1. The molecule has 1 amide bonds. The maximum atomic E-state index is 13.0. The van der Waals surface area contributed by atoms with E-state index < -0.39 is 11.6 Å². The highest BCUT2D eigenvalue weighted by Gasteiger charge is 2.10. The second kappa shape index (κ2) is 7.33. The first-order chi connectivity index (χ1) is 10.1. The number of hydrogen-bond acceptors (Lipinski definition) is 4. The number of Topliss-reactive ketones (excluding diaryl/α,β-unsaturated/α-hetero) is 1. The lowest BCUT2D eigenvalue weighted by Gasteiger charge is -2.04. The Morgan fingerprint density at radius 2 is 2.00 bits per heavy atom. The SMILES string of the molecule is O=C(CSc1ccc(F)c(F)c1)NCC(=O)c1cccs1. The van der Waals surface area contributed by atoms with Gasteiger partial charge in [-0.1, -0.05) is 6.07 Å². The van der Waals surface area contributed by atoms with E-state index in [1.54, 1.807) is 17.5 Å². The number of hydrogen-bond donors (Lipinski definition) is 1. The molecular formula is C14H11F2NO2S2. The molecule has 0 aliphatic heterocycles. The van der Waals surface area contributed by atoms with Crippen LogP contribution in [0.1, 0.15) is 9.67 Å². The topological polar surface area (TPSA) is 46.2 Å². The van der Waals surface area contributed by atoms with Crippen LogP contribution >= 0.6 is 23.1 Å². The molecule has 0 aliphatic carbocycles. The maximum Gasteiger partial charge on any atom is 0.230 e. The smallest absolute Gasteiger partial charge is 0.230 e. The summed E-state index contributed by atoms with van der Waals surface area (Å²) in [5.41, 5.74) is 0. The van der Waals surface area contributed by atoms with Crippen LogP contribution in [-0.2, 0) is 4.79 Å². The molecule has 0 aliphatic rings. The Labute approximate surface area is 128 Å². The fourth-order valence-electron chi connectivity index (χ4n) is 1.47. The summed E-state index contributed by atoms with van der Waals surface area (Å²) in [6.45, 7) is -0.0717. The molecule has 0 saturated heterocycles. The normalized spacial score (nSPS) is 10.4. The predicted octanol–water partition coefficient (Wildman–Crippen LogP) is 3.12. The van der Waals surface area contributed by atoms with Crippen molar-refractivity contribution < 1.29 is 18.4 Å². The molecule has 2 rings (SSSR count). The first-order valence-corrected chi connectivity index (χ1v) is 7.84. The number of nitrogens with one attached hydrogen (secondary N) is 1. The van der Waals surface area contributed by atoms with E-state index in [4.69, 9.17) is 0 Å². The number of thioether (sulfide) groups is 1. The number of carbonyl (C=O) groups excluding carboxylic acids is 2. The Balaban J connectivity index is 1.77. The third-order valence-corrected chi connectivity index (χ3v) is 4.41. The van der Waals surface area contributed by atoms with Crippen molar-refractivity contribution in [3.8, 4) is 0 Å². The molecule has 0 bridgehead atoms. The minimum atomic E-state index is -0.951. The summed E-state index contributed by atoms with van der Waals surface area (Å²) in [5, 5.41) is 4.28. The van der Waals surface area contributed by atoms with E-state index in [0.29, 0.717) is 9.77 Å². The predicted molar refractivity (Wildman–Crippen MR) is 78.7 cm³/mol. The van der Waals surface area contributed by atoms with Crippen LogP contribution in [-0.4, -0.2) is 24.0 Å². The van der Waals surface area contributed by atoms with E-state index in [1.807, 2.05) is 0 Å². The Morgan fingerprint density at radius 3 is 2.67 bits per heavy atom. The number of ketones is 1. The number of thiophene rings is 1. The van der Waals surface area contributed by atoms with Gasteiger partial charge >= 0.3 is 0 Å². The van der Waals surface area contributed by atoms with Gasteiger partial charge in [-0.25, -0.2) is 8.78 Å². The molecule has 21 heavy (non-hydrogen) atoms. The minimum Gasteiger partial charge on any atom is -0.348 e. The standard InChI is InChI=1S/C14H11F2NO2S2/c15-10-4-3-9(6-11(10)16)21-8-14(19)17-7-12(18)13-2-1-5-20-13/h1-6H,7-8H2,(H,17,19). The van der Waals surface area contributed by atoms with Gasteiger partial charge in [-0.2, -0.15) is 0 Å². The number of rotatable bonds is 6. The summed E-state index contributed by atoms with van der Waals surface area (Å²) in [6, 6.07) is 6.89. The summed E-state index contributed by atoms with van der Waals surface area (Å²) < 4.78 is 25.7. The second-order valence-corrected chi connectivity index (χ2v) is 6.04. The van der Waals surface area contributed by atoms with E-state index in [1.165, 1.54) is 17.4 Å². The van der Waals surface area contributed by atoms with E-state index in [-0.39, 0.29) is 24.0 Å². The molecule has 0 unspecified atom stereocenters. The van der Waals surface area contributed by atoms with Gasteiger partial charge in [-0.3, -0.25) is 9.59 Å². The molecule has 1 aromatic carbocycles. The molecule has 0 atom stereocenters. The zero-order valence-electron chi connectivity index (χ0n) is 10.8. The Hall–Kier alpha value is -1.73. The van der Waals surface area contributed by atoms with Crippen molar-refractivity contribution in [2.24, 2.45) is 0 Å². The number of halogens is 2. The van der Waals surface area contributed by atoms with Crippen molar-refractivity contribution in [3.05, 3.63) is 52.2 Å². The fourth-order valence-corrected chi connectivity index (χ4v) is 2.89. The van der Waals surface area contributed by atoms with Gasteiger partial charge in [0.15, 0.2) is 17.4 Å². The van der Waals surface area contributed by atoms with Gasteiger partial charge in [0.1, 0.15) is 0 Å². The van der Waals surface area contributed by atoms with Gasteiger partial charge in [0.25, 0.3) is 0 Å². The summed E-state index contributed by atoms with van der Waals surface area (Å²) >= 11 is 2.39. The molecule has 1 heterocycles. The summed E-state index contributed by atoms with van der Waals surface area (Å²) in [7, 11) is 0. The minimum absolute atomic E-state index is 0.0305. The molecule has 3 nitrogen and oxygen atoms in total. The van der Waals surface area contributed by atoms with E-state index >= 15 is 0 Å². The Bertz CT molecular complexity index is 644. The molecule has 0 saturated carbocycles. The lowest BCUT2D eigenvalue weighted by molar-refractivity contribution is -0.118. The maximum absolute atomic E-state index is 13.0. The van der Waals surface area contributed by atoms with Crippen LogP contribution in [0, 0.1) is 11.6 Å². The molecule has 1 N–H and O–H groups in total. The van der Waals surface area contributed by atoms with Gasteiger partial charge in [0.2, 0.25) is 5.91 Å². The molecular weight excluding hydrogens is 316 g/mol. The van der Waals surface area contributed by atoms with Gasteiger partial charge in [0, 0.05) is 4.90 Å². The van der Waals surface area contributed by atoms with Gasteiger partial charge < -0.3 is 5.32 Å². The van der Waals surface area contributed by atoms with Crippen LogP contribution in [0.3, 0.4) is 0 Å². The number of carbonyl (C=O) groups is 2. The van der Waals surface area contributed by atoms with Crippen molar-refractivity contribution in [1.82, 2.24) is 5.32 Å². The molecule has 1 aromatic heterocycles. The Kier molecular flexibility index (Phi) is 5.46. The van der Waals surface area contributed by atoms with Crippen molar-refractivity contribution in [1.29, 1.82) is 0 Å². The first-order valence-electron chi connectivity index (χ1n) is 5.97. The van der Waals surface area contributed by atoms with Crippen molar-refractivity contribution >= 4 is 34.8 Å². The molecule has 110 valence electrons. The fraction of sp³-hybridized carbons (Fsp3) is 0.143. The monoisotopic (exact) mass is 327 g/mol. The van der Waals surface area contributed by atoms with Gasteiger partial charge in [-0.15, -0.1) is 23.1 Å². The van der Waals surface area contributed by atoms with E-state index in [2.05, 4.69) is 5.32 Å². The molecule has 2 aromatic rings. The van der Waals surface area contributed by atoms with Crippen LogP contribution in [0.25, 0.3) is 0 Å². The van der Waals surface area contributed by atoms with E-state index in [0.717, 1.165) is 23.9 Å². The quantitative estimate of drug-likeness (QED) is 0.655. The largest absolute Gasteiger partial charge is 0.348 e. The van der Waals surface area contributed by atoms with E-state index in [9.17, 15) is 18.4 Å². The van der Waals surface area contributed by atoms with Gasteiger partial charge in [-0.05, 0) is 29.6 Å². The van der Waals surface area contributed by atoms with Crippen molar-refractivity contribution in [2.45, 2.75) is 4.90 Å². The highest BCUT2D eigenvalue weighted by Crippen LogP contribution is 2.20. The van der Waals surface area contributed by atoms with Crippen LogP contribution in [0.4, 0.5) is 8.78 Å². The lowest BCUT2D eigenvalue weighted by Crippen LogP contribution is -2.30. The third-order valence-electron chi connectivity index (χ3n) is 2.50. The molecule has 0 spiro atoms. The lowest BCUT2D eigenvalue weighted by atomic mass is 10.3. The second-order valence-electron chi connectivity index (χ2n) is 4.04. The van der Waals surface area contributed by atoms with Gasteiger partial charge in [0.05, 0.1) is 17.2 Å². The highest BCUT2D eigenvalue weighted by atomic mass is 32.2. The molecule has 0 radical (unpaired) electrons. The average molecular weight is 327 g/mol. The highest BCUT2D eigenvalue weighted by molar-refractivity contribution is 8.00. The number of amides is 1.